The predicted octanol–water partition coefficient (Wildman–Crippen LogP) is 4.44. The molecule has 0 N–H and O–H groups in total. The van der Waals surface area contributed by atoms with Gasteiger partial charge in [-0.05, 0) is 35.9 Å². The van der Waals surface area contributed by atoms with Crippen LogP contribution in [0.4, 0.5) is 5.69 Å². The summed E-state index contributed by atoms with van der Waals surface area (Å²) in [5.41, 5.74) is 3.58. The van der Waals surface area contributed by atoms with Crippen molar-refractivity contribution in [3.05, 3.63) is 105 Å². The van der Waals surface area contributed by atoms with Gasteiger partial charge in [0.15, 0.2) is 0 Å². The van der Waals surface area contributed by atoms with E-state index in [0.29, 0.717) is 4.80 Å². The second-order valence-corrected chi connectivity index (χ2v) is 6.85. The lowest BCUT2D eigenvalue weighted by atomic mass is 10.1. The Balaban J connectivity index is 1.80. The number of non-ortho nitro benzene ring substituents is 1. The van der Waals surface area contributed by atoms with Crippen molar-refractivity contribution in [3.63, 3.8) is 0 Å². The van der Waals surface area contributed by atoms with E-state index in [1.165, 1.54) is 23.5 Å². The molecule has 7 nitrogen and oxygen atoms in total. The van der Waals surface area contributed by atoms with Crippen LogP contribution in [0, 0.1) is 10.1 Å². The molecule has 0 aliphatic heterocycles. The molecule has 2 aromatic carbocycles. The highest BCUT2D eigenvalue weighted by atomic mass is 32.1. The van der Waals surface area contributed by atoms with E-state index in [9.17, 15) is 10.1 Å². The first-order chi connectivity index (χ1) is 14.2. The predicted molar refractivity (Wildman–Crippen MR) is 113 cm³/mol. The van der Waals surface area contributed by atoms with Gasteiger partial charge in [-0.15, -0.1) is 16.4 Å². The molecule has 0 amide bonds. The SMILES string of the molecule is O=[N+]([O-])c1ccc(-c2cs/c(=N/N=C/c3cccnc3)n2-c2ccccc2)cc1. The average molecular weight is 401 g/mol. The van der Waals surface area contributed by atoms with Crippen LogP contribution in [0.2, 0.25) is 0 Å². The quantitative estimate of drug-likeness (QED) is 0.281. The molecule has 0 saturated carbocycles. The topological polar surface area (TPSA) is 85.7 Å². The van der Waals surface area contributed by atoms with Crippen molar-refractivity contribution in [2.75, 3.05) is 0 Å². The van der Waals surface area contributed by atoms with Crippen molar-refractivity contribution in [2.45, 2.75) is 0 Å². The number of hydrogen-bond acceptors (Lipinski definition) is 6. The van der Waals surface area contributed by atoms with Crippen molar-refractivity contribution in [3.8, 4) is 16.9 Å². The van der Waals surface area contributed by atoms with Crippen molar-refractivity contribution in [1.82, 2.24) is 9.55 Å². The van der Waals surface area contributed by atoms with E-state index in [0.717, 1.165) is 22.5 Å². The highest BCUT2D eigenvalue weighted by Gasteiger charge is 2.12. The van der Waals surface area contributed by atoms with Gasteiger partial charge in [0.25, 0.3) is 5.69 Å². The summed E-state index contributed by atoms with van der Waals surface area (Å²) in [6.45, 7) is 0. The van der Waals surface area contributed by atoms with Gasteiger partial charge in [0.2, 0.25) is 4.80 Å². The van der Waals surface area contributed by atoms with Gasteiger partial charge >= 0.3 is 0 Å². The summed E-state index contributed by atoms with van der Waals surface area (Å²) in [6, 6.07) is 20.0. The Morgan fingerprint density at radius 2 is 1.83 bits per heavy atom. The molecule has 0 atom stereocenters. The number of hydrogen-bond donors (Lipinski definition) is 0. The molecule has 4 rings (SSSR count). The standard InChI is InChI=1S/C21H15N5O2S/c27-26(28)19-10-8-17(9-11-19)20-15-29-21(25(20)18-6-2-1-3-7-18)24-23-14-16-5-4-12-22-13-16/h1-15H/b23-14+,24-21+. The van der Waals surface area contributed by atoms with Crippen LogP contribution in [-0.2, 0) is 0 Å². The number of para-hydroxylation sites is 1. The summed E-state index contributed by atoms with van der Waals surface area (Å²) >= 11 is 1.44. The van der Waals surface area contributed by atoms with Gasteiger partial charge in [0.1, 0.15) is 0 Å². The summed E-state index contributed by atoms with van der Waals surface area (Å²) in [7, 11) is 0. The van der Waals surface area contributed by atoms with E-state index in [1.54, 1.807) is 30.7 Å². The average Bonchev–Trinajstić information content (AvgIpc) is 3.19. The minimum atomic E-state index is -0.406. The summed E-state index contributed by atoms with van der Waals surface area (Å²) in [5.74, 6) is 0. The Kier molecular flexibility index (Phi) is 5.35. The van der Waals surface area contributed by atoms with Crippen LogP contribution in [0.1, 0.15) is 5.56 Å². The van der Waals surface area contributed by atoms with Crippen LogP contribution in [-0.4, -0.2) is 20.7 Å². The third-order valence-corrected chi connectivity index (χ3v) is 4.95. The van der Waals surface area contributed by atoms with Crippen LogP contribution < -0.4 is 4.80 Å². The van der Waals surface area contributed by atoms with Gasteiger partial charge in [0, 0.05) is 41.2 Å². The van der Waals surface area contributed by atoms with Crippen molar-refractivity contribution >= 4 is 23.2 Å². The molecule has 8 heteroatoms. The van der Waals surface area contributed by atoms with Crippen LogP contribution in [0.5, 0.6) is 0 Å². The first kappa shape index (κ1) is 18.5. The number of nitro benzene ring substituents is 1. The third kappa shape index (κ3) is 4.17. The maximum atomic E-state index is 10.9. The molecule has 2 aromatic heterocycles. The zero-order valence-corrected chi connectivity index (χ0v) is 15.9. The Hall–Kier alpha value is -3.91. The van der Waals surface area contributed by atoms with Crippen LogP contribution in [0.15, 0.2) is 94.7 Å². The minimum Gasteiger partial charge on any atom is -0.284 e. The molecular formula is C21H15N5O2S. The first-order valence-electron chi connectivity index (χ1n) is 8.70. The molecule has 0 aliphatic carbocycles. The minimum absolute atomic E-state index is 0.0567. The van der Waals surface area contributed by atoms with Crippen LogP contribution in [0.3, 0.4) is 0 Å². The van der Waals surface area contributed by atoms with Gasteiger partial charge in [-0.2, -0.15) is 5.10 Å². The maximum Gasteiger partial charge on any atom is 0.269 e. The summed E-state index contributed by atoms with van der Waals surface area (Å²) in [5, 5.41) is 21.5. The van der Waals surface area contributed by atoms with Crippen LogP contribution in [0.25, 0.3) is 16.9 Å². The van der Waals surface area contributed by atoms with Crippen molar-refractivity contribution in [1.29, 1.82) is 0 Å². The van der Waals surface area contributed by atoms with E-state index in [1.807, 2.05) is 52.4 Å². The lowest BCUT2D eigenvalue weighted by Crippen LogP contribution is -2.13. The fourth-order valence-electron chi connectivity index (χ4n) is 2.76. The van der Waals surface area contributed by atoms with Gasteiger partial charge in [-0.3, -0.25) is 19.7 Å². The van der Waals surface area contributed by atoms with Crippen molar-refractivity contribution in [2.24, 2.45) is 10.2 Å². The molecule has 2 heterocycles. The highest BCUT2D eigenvalue weighted by molar-refractivity contribution is 7.07. The number of thiazole rings is 1. The monoisotopic (exact) mass is 401 g/mol. The fourth-order valence-corrected chi connectivity index (χ4v) is 3.62. The number of aromatic nitrogens is 2. The van der Waals surface area contributed by atoms with E-state index < -0.39 is 4.92 Å². The highest BCUT2D eigenvalue weighted by Crippen LogP contribution is 2.25. The molecule has 0 fully saturated rings. The maximum absolute atomic E-state index is 10.9. The molecule has 142 valence electrons. The van der Waals surface area contributed by atoms with E-state index >= 15 is 0 Å². The Morgan fingerprint density at radius 3 is 2.52 bits per heavy atom. The van der Waals surface area contributed by atoms with Crippen molar-refractivity contribution < 1.29 is 4.92 Å². The lowest BCUT2D eigenvalue weighted by molar-refractivity contribution is -0.384. The van der Waals surface area contributed by atoms with Gasteiger partial charge in [-0.1, -0.05) is 24.3 Å². The smallest absolute Gasteiger partial charge is 0.269 e. The van der Waals surface area contributed by atoms with E-state index in [-0.39, 0.29) is 5.69 Å². The number of benzene rings is 2. The Labute approximate surface area is 170 Å². The molecular weight excluding hydrogens is 386 g/mol. The molecule has 0 unspecified atom stereocenters. The summed E-state index contributed by atoms with van der Waals surface area (Å²) in [6.07, 6.45) is 5.06. The second kappa shape index (κ2) is 8.41. The molecule has 0 spiro atoms. The number of pyridine rings is 1. The second-order valence-electron chi connectivity index (χ2n) is 6.01. The molecule has 0 aliphatic rings. The molecule has 29 heavy (non-hydrogen) atoms. The van der Waals surface area contributed by atoms with Gasteiger partial charge in [-0.25, -0.2) is 0 Å². The van der Waals surface area contributed by atoms with E-state index in [4.69, 9.17) is 0 Å². The zero-order valence-electron chi connectivity index (χ0n) is 15.1. The van der Waals surface area contributed by atoms with Gasteiger partial charge in [0.05, 0.1) is 16.8 Å². The number of nitrogens with zero attached hydrogens (tertiary/aromatic N) is 5. The first-order valence-corrected chi connectivity index (χ1v) is 9.58. The number of rotatable bonds is 5. The largest absolute Gasteiger partial charge is 0.284 e. The van der Waals surface area contributed by atoms with Crippen LogP contribution >= 0.6 is 11.3 Å². The number of nitro groups is 1. The lowest BCUT2D eigenvalue weighted by Gasteiger charge is -2.08. The molecule has 0 radical (unpaired) electrons. The zero-order chi connectivity index (χ0) is 20.1. The Morgan fingerprint density at radius 1 is 1.03 bits per heavy atom. The molecule has 4 aromatic rings. The summed E-state index contributed by atoms with van der Waals surface area (Å²) in [4.78, 5) is 15.3. The summed E-state index contributed by atoms with van der Waals surface area (Å²) < 4.78 is 1.98. The fraction of sp³-hybridized carbons (Fsp3) is 0. The molecule has 0 bridgehead atoms. The van der Waals surface area contributed by atoms with Gasteiger partial charge < -0.3 is 0 Å². The van der Waals surface area contributed by atoms with E-state index in [2.05, 4.69) is 15.2 Å². The molecule has 0 saturated heterocycles. The normalized spacial score (nSPS) is 11.8. The third-order valence-electron chi connectivity index (χ3n) is 4.13. The Bertz CT molecular complexity index is 1210.